The number of hydrogen-bond donors (Lipinski definition) is 2. The van der Waals surface area contributed by atoms with Crippen LogP contribution in [0.15, 0.2) is 78.9 Å². The molecule has 0 aliphatic heterocycles. The molecular formula is C32H42N2O2. The smallest absolute Gasteiger partial charge is 0.119 e. The first-order valence-electron chi connectivity index (χ1n) is 13.3. The standard InChI is InChI=1S/C32H42N2O2/c1-4-31(26-12-8-7-9-13-26)32(27-14-18-29(35)19-15-27)28-16-20-30(21-17-28)36-25-24-34(3)23-11-6-5-10-22-33-2/h7-9,12-21,33,35H,4-6,10-11,22-25H2,1-3H3. The Balaban J connectivity index is 1.65. The maximum absolute atomic E-state index is 9.83. The van der Waals surface area contributed by atoms with Crippen LogP contribution >= 0.6 is 0 Å². The summed E-state index contributed by atoms with van der Waals surface area (Å²) in [6.07, 6.45) is 5.98. The van der Waals surface area contributed by atoms with Crippen LogP contribution in [0.3, 0.4) is 0 Å². The van der Waals surface area contributed by atoms with Gasteiger partial charge in [0, 0.05) is 6.54 Å². The van der Waals surface area contributed by atoms with Gasteiger partial charge in [-0.15, -0.1) is 0 Å². The summed E-state index contributed by atoms with van der Waals surface area (Å²) in [5, 5.41) is 13.0. The van der Waals surface area contributed by atoms with E-state index in [0.717, 1.165) is 42.9 Å². The van der Waals surface area contributed by atoms with Gasteiger partial charge in [-0.25, -0.2) is 0 Å². The van der Waals surface area contributed by atoms with Crippen LogP contribution in [-0.4, -0.2) is 50.3 Å². The molecule has 0 fully saturated rings. The molecule has 36 heavy (non-hydrogen) atoms. The van der Waals surface area contributed by atoms with Crippen LogP contribution in [0.2, 0.25) is 0 Å². The summed E-state index contributed by atoms with van der Waals surface area (Å²) in [6.45, 7) is 6.02. The van der Waals surface area contributed by atoms with Crippen molar-refractivity contribution in [2.24, 2.45) is 0 Å². The van der Waals surface area contributed by atoms with Gasteiger partial charge in [0.2, 0.25) is 0 Å². The fourth-order valence-electron chi connectivity index (χ4n) is 4.49. The molecule has 0 unspecified atom stereocenters. The molecule has 0 aromatic heterocycles. The van der Waals surface area contributed by atoms with Crippen LogP contribution in [0.25, 0.3) is 11.1 Å². The zero-order valence-corrected chi connectivity index (χ0v) is 22.2. The minimum atomic E-state index is 0.276. The van der Waals surface area contributed by atoms with E-state index in [0.29, 0.717) is 6.61 Å². The minimum Gasteiger partial charge on any atom is -0.508 e. The Kier molecular flexibility index (Phi) is 11.6. The molecule has 0 aliphatic carbocycles. The molecule has 0 bridgehead atoms. The third-order valence-corrected chi connectivity index (χ3v) is 6.53. The number of allylic oxidation sites excluding steroid dienone is 1. The van der Waals surface area contributed by atoms with Crippen LogP contribution in [-0.2, 0) is 0 Å². The SMILES string of the molecule is CCC(=C(c1ccc(O)cc1)c1ccc(OCCN(C)CCCCCCNC)cc1)c1ccccc1. The molecule has 2 N–H and O–H groups in total. The van der Waals surface area contributed by atoms with E-state index in [-0.39, 0.29) is 5.75 Å². The van der Waals surface area contributed by atoms with E-state index < -0.39 is 0 Å². The number of aromatic hydroxyl groups is 1. The average Bonchev–Trinajstić information content (AvgIpc) is 2.91. The number of rotatable bonds is 15. The number of nitrogens with one attached hydrogen (secondary N) is 1. The number of hydrogen-bond acceptors (Lipinski definition) is 4. The monoisotopic (exact) mass is 486 g/mol. The minimum absolute atomic E-state index is 0.276. The highest BCUT2D eigenvalue weighted by Crippen LogP contribution is 2.35. The van der Waals surface area contributed by atoms with E-state index >= 15 is 0 Å². The highest BCUT2D eigenvalue weighted by atomic mass is 16.5. The Morgan fingerprint density at radius 3 is 2.06 bits per heavy atom. The highest BCUT2D eigenvalue weighted by molar-refractivity contribution is 5.98. The first kappa shape index (κ1) is 27.5. The van der Waals surface area contributed by atoms with Gasteiger partial charge in [-0.05, 0) is 98.5 Å². The summed E-state index contributed by atoms with van der Waals surface area (Å²) in [6, 6.07) is 26.4. The van der Waals surface area contributed by atoms with Gasteiger partial charge in [0.25, 0.3) is 0 Å². The topological polar surface area (TPSA) is 44.7 Å². The number of ether oxygens (including phenoxy) is 1. The zero-order valence-electron chi connectivity index (χ0n) is 22.2. The Morgan fingerprint density at radius 2 is 1.42 bits per heavy atom. The molecule has 0 saturated heterocycles. The van der Waals surface area contributed by atoms with Crippen LogP contribution in [0.4, 0.5) is 0 Å². The summed E-state index contributed by atoms with van der Waals surface area (Å²) in [5.74, 6) is 1.17. The number of phenols is 1. The Morgan fingerprint density at radius 1 is 0.778 bits per heavy atom. The van der Waals surface area contributed by atoms with Crippen LogP contribution in [0.5, 0.6) is 11.5 Å². The summed E-state index contributed by atoms with van der Waals surface area (Å²) in [5.41, 5.74) is 5.92. The second kappa shape index (κ2) is 15.1. The first-order chi connectivity index (χ1) is 17.6. The van der Waals surface area contributed by atoms with Gasteiger partial charge in [0.05, 0.1) is 0 Å². The molecule has 0 spiro atoms. The molecule has 3 aromatic rings. The van der Waals surface area contributed by atoms with Gasteiger partial charge < -0.3 is 20.1 Å². The lowest BCUT2D eigenvalue weighted by Crippen LogP contribution is -2.25. The Bertz CT molecular complexity index is 1040. The fourth-order valence-corrected chi connectivity index (χ4v) is 4.49. The molecule has 0 amide bonds. The van der Waals surface area contributed by atoms with Gasteiger partial charge in [-0.2, -0.15) is 0 Å². The lowest BCUT2D eigenvalue weighted by atomic mass is 9.88. The number of benzene rings is 3. The van der Waals surface area contributed by atoms with Crippen molar-refractivity contribution in [1.82, 2.24) is 10.2 Å². The molecule has 0 aliphatic rings. The van der Waals surface area contributed by atoms with Crippen molar-refractivity contribution in [3.05, 3.63) is 95.6 Å². The predicted octanol–water partition coefficient (Wildman–Crippen LogP) is 6.85. The molecule has 4 heteroatoms. The van der Waals surface area contributed by atoms with Gasteiger partial charge in [0.15, 0.2) is 0 Å². The molecule has 0 atom stereocenters. The van der Waals surface area contributed by atoms with Crippen LogP contribution in [0, 0.1) is 0 Å². The Hall–Kier alpha value is -3.08. The molecule has 192 valence electrons. The largest absolute Gasteiger partial charge is 0.508 e. The fraction of sp³-hybridized carbons (Fsp3) is 0.375. The van der Waals surface area contributed by atoms with Crippen molar-refractivity contribution >= 4 is 11.1 Å². The van der Waals surface area contributed by atoms with Crippen molar-refractivity contribution in [3.8, 4) is 11.5 Å². The number of nitrogens with zero attached hydrogens (tertiary/aromatic N) is 1. The molecule has 4 nitrogen and oxygen atoms in total. The number of likely N-dealkylation sites (N-methyl/N-ethyl adjacent to an activating group) is 1. The van der Waals surface area contributed by atoms with Gasteiger partial charge in [-0.3, -0.25) is 0 Å². The first-order valence-corrected chi connectivity index (χ1v) is 13.3. The van der Waals surface area contributed by atoms with E-state index in [2.05, 4.69) is 72.7 Å². The molecule has 0 heterocycles. The highest BCUT2D eigenvalue weighted by Gasteiger charge is 2.13. The molecule has 3 rings (SSSR count). The zero-order chi connectivity index (χ0) is 25.6. The quantitative estimate of drug-likeness (QED) is 0.182. The second-order valence-corrected chi connectivity index (χ2v) is 9.31. The summed E-state index contributed by atoms with van der Waals surface area (Å²) in [4.78, 5) is 2.35. The van der Waals surface area contributed by atoms with E-state index in [4.69, 9.17) is 4.74 Å². The lowest BCUT2D eigenvalue weighted by molar-refractivity contribution is 0.234. The van der Waals surface area contributed by atoms with Crippen molar-refractivity contribution < 1.29 is 9.84 Å². The summed E-state index contributed by atoms with van der Waals surface area (Å²) >= 11 is 0. The predicted molar refractivity (Wildman–Crippen MR) is 153 cm³/mol. The lowest BCUT2D eigenvalue weighted by Gasteiger charge is -2.18. The average molecular weight is 487 g/mol. The normalized spacial score (nSPS) is 12.0. The second-order valence-electron chi connectivity index (χ2n) is 9.31. The van der Waals surface area contributed by atoms with Gasteiger partial charge in [0.1, 0.15) is 18.1 Å². The summed E-state index contributed by atoms with van der Waals surface area (Å²) < 4.78 is 6.06. The van der Waals surface area contributed by atoms with Crippen molar-refractivity contribution in [2.75, 3.05) is 40.3 Å². The maximum Gasteiger partial charge on any atom is 0.119 e. The van der Waals surface area contributed by atoms with E-state index in [1.165, 1.54) is 42.4 Å². The van der Waals surface area contributed by atoms with Crippen molar-refractivity contribution in [1.29, 1.82) is 0 Å². The number of unbranched alkanes of at least 4 members (excludes halogenated alkanes) is 3. The summed E-state index contributed by atoms with van der Waals surface area (Å²) in [7, 11) is 4.18. The van der Waals surface area contributed by atoms with Crippen molar-refractivity contribution in [3.63, 3.8) is 0 Å². The van der Waals surface area contributed by atoms with Gasteiger partial charge in [-0.1, -0.05) is 74.4 Å². The molecule has 0 radical (unpaired) electrons. The van der Waals surface area contributed by atoms with Crippen LogP contribution in [0.1, 0.15) is 55.7 Å². The van der Waals surface area contributed by atoms with Crippen molar-refractivity contribution in [2.45, 2.75) is 39.0 Å². The molecular weight excluding hydrogens is 444 g/mol. The molecule has 3 aromatic carbocycles. The van der Waals surface area contributed by atoms with E-state index in [1.807, 2.05) is 25.2 Å². The number of phenolic OH excluding ortho intramolecular Hbond substituents is 1. The third-order valence-electron chi connectivity index (χ3n) is 6.53. The molecule has 0 saturated carbocycles. The maximum atomic E-state index is 9.83. The van der Waals surface area contributed by atoms with E-state index in [9.17, 15) is 5.11 Å². The third kappa shape index (κ3) is 8.54. The van der Waals surface area contributed by atoms with E-state index in [1.54, 1.807) is 12.1 Å². The van der Waals surface area contributed by atoms with Crippen LogP contribution < -0.4 is 10.1 Å². The Labute approximate surface area is 217 Å². The van der Waals surface area contributed by atoms with Gasteiger partial charge >= 0.3 is 0 Å².